The van der Waals surface area contributed by atoms with E-state index in [9.17, 15) is 0 Å². The lowest BCUT2D eigenvalue weighted by Gasteiger charge is -2.11. The van der Waals surface area contributed by atoms with Crippen molar-refractivity contribution in [2.75, 3.05) is 0 Å². The highest BCUT2D eigenvalue weighted by molar-refractivity contribution is 6.24. The van der Waals surface area contributed by atoms with Gasteiger partial charge in [-0.05, 0) is 53.2 Å². The van der Waals surface area contributed by atoms with Crippen molar-refractivity contribution in [2.45, 2.75) is 0 Å². The predicted molar refractivity (Wildman–Crippen MR) is 161 cm³/mol. The van der Waals surface area contributed by atoms with Gasteiger partial charge in [0.25, 0.3) is 0 Å². The van der Waals surface area contributed by atoms with Crippen molar-refractivity contribution in [3.63, 3.8) is 0 Å². The summed E-state index contributed by atoms with van der Waals surface area (Å²) >= 11 is 0. The Labute approximate surface area is 226 Å². The van der Waals surface area contributed by atoms with Crippen LogP contribution in [0.3, 0.4) is 0 Å². The second-order valence-electron chi connectivity index (χ2n) is 9.89. The molecule has 0 atom stereocenters. The SMILES string of the molecule is c1ccc(-c2cc(-c3ccccc3)nc(-c3ccc(-n4c5cccc6ccc7cccc4c7c65)cc3)n2)cc1. The number of nitrogens with zero attached hydrogens (tertiary/aromatic N) is 3. The average Bonchev–Trinajstić information content (AvgIpc) is 3.36. The van der Waals surface area contributed by atoms with Gasteiger partial charge in [-0.3, -0.25) is 0 Å². The van der Waals surface area contributed by atoms with E-state index in [1.54, 1.807) is 0 Å². The molecule has 39 heavy (non-hydrogen) atoms. The summed E-state index contributed by atoms with van der Waals surface area (Å²) in [5.74, 6) is 0.718. The summed E-state index contributed by atoms with van der Waals surface area (Å²) in [5.41, 5.74) is 8.53. The van der Waals surface area contributed by atoms with Gasteiger partial charge in [0.1, 0.15) is 0 Å². The molecule has 2 aromatic heterocycles. The Hall–Kier alpha value is -5.28. The fourth-order valence-corrected chi connectivity index (χ4v) is 5.75. The van der Waals surface area contributed by atoms with Gasteiger partial charge < -0.3 is 4.57 Å². The summed E-state index contributed by atoms with van der Waals surface area (Å²) in [6.07, 6.45) is 0. The molecule has 0 aliphatic carbocycles. The standard InChI is InChI=1S/C36H23N3/c1-3-9-24(10-4-1)30-23-31(25-11-5-2-6-12-25)38-36(37-30)28-19-21-29(22-20-28)39-32-15-7-13-26-17-18-27-14-8-16-33(39)35(27)34(26)32/h1-23H. The largest absolute Gasteiger partial charge is 0.309 e. The van der Waals surface area contributed by atoms with Gasteiger partial charge in [0, 0.05) is 33.2 Å². The third-order valence-electron chi connectivity index (χ3n) is 7.57. The van der Waals surface area contributed by atoms with Crippen LogP contribution >= 0.6 is 0 Å². The van der Waals surface area contributed by atoms with Crippen LogP contribution < -0.4 is 0 Å². The van der Waals surface area contributed by atoms with Crippen molar-refractivity contribution in [3.05, 3.63) is 140 Å². The molecule has 0 N–H and O–H groups in total. The highest BCUT2D eigenvalue weighted by Crippen LogP contribution is 2.39. The van der Waals surface area contributed by atoms with Gasteiger partial charge in [-0.25, -0.2) is 9.97 Å². The first kappa shape index (κ1) is 21.8. The molecule has 0 fully saturated rings. The zero-order valence-electron chi connectivity index (χ0n) is 21.1. The van der Waals surface area contributed by atoms with E-state index in [0.29, 0.717) is 0 Å². The Bertz CT molecular complexity index is 1970. The Balaban J connectivity index is 1.29. The van der Waals surface area contributed by atoms with E-state index in [4.69, 9.17) is 9.97 Å². The zero-order valence-corrected chi connectivity index (χ0v) is 21.1. The van der Waals surface area contributed by atoms with Gasteiger partial charge in [-0.2, -0.15) is 0 Å². The molecule has 0 spiro atoms. The second kappa shape index (κ2) is 8.64. The zero-order chi connectivity index (χ0) is 25.8. The third-order valence-corrected chi connectivity index (χ3v) is 7.57. The number of benzene rings is 6. The maximum atomic E-state index is 5.00. The van der Waals surface area contributed by atoms with Crippen molar-refractivity contribution in [1.82, 2.24) is 14.5 Å². The first-order chi connectivity index (χ1) is 19.3. The highest BCUT2D eigenvalue weighted by Gasteiger charge is 2.16. The lowest BCUT2D eigenvalue weighted by molar-refractivity contribution is 1.16. The maximum Gasteiger partial charge on any atom is 0.160 e. The fourth-order valence-electron chi connectivity index (χ4n) is 5.75. The molecule has 2 heterocycles. The molecule has 8 aromatic rings. The molecular formula is C36H23N3. The molecular weight excluding hydrogens is 474 g/mol. The fraction of sp³-hybridized carbons (Fsp3) is 0. The molecule has 0 aliphatic heterocycles. The van der Waals surface area contributed by atoms with Crippen LogP contribution in [-0.4, -0.2) is 14.5 Å². The predicted octanol–water partition coefficient (Wildman–Crippen LogP) is 9.17. The molecule has 0 saturated heterocycles. The summed E-state index contributed by atoms with van der Waals surface area (Å²) in [6, 6.07) is 48.9. The highest BCUT2D eigenvalue weighted by atomic mass is 15.0. The van der Waals surface area contributed by atoms with E-state index in [0.717, 1.165) is 39.6 Å². The first-order valence-corrected chi connectivity index (χ1v) is 13.2. The topological polar surface area (TPSA) is 30.7 Å². The second-order valence-corrected chi connectivity index (χ2v) is 9.89. The number of rotatable bonds is 4. The van der Waals surface area contributed by atoms with Crippen LogP contribution in [-0.2, 0) is 0 Å². The minimum absolute atomic E-state index is 0.718. The van der Waals surface area contributed by atoms with Gasteiger partial charge in [0.2, 0.25) is 0 Å². The van der Waals surface area contributed by atoms with Gasteiger partial charge in [0.15, 0.2) is 5.82 Å². The van der Waals surface area contributed by atoms with E-state index in [1.807, 2.05) is 36.4 Å². The molecule has 0 amide bonds. The molecule has 0 bridgehead atoms. The molecule has 0 radical (unpaired) electrons. The van der Waals surface area contributed by atoms with Crippen LogP contribution in [0.2, 0.25) is 0 Å². The van der Waals surface area contributed by atoms with E-state index in [1.165, 1.54) is 32.6 Å². The monoisotopic (exact) mass is 497 g/mol. The minimum atomic E-state index is 0.718. The third kappa shape index (κ3) is 3.52. The van der Waals surface area contributed by atoms with E-state index < -0.39 is 0 Å². The summed E-state index contributed by atoms with van der Waals surface area (Å²) in [7, 11) is 0. The Morgan fingerprint density at radius 3 is 1.44 bits per heavy atom. The normalized spacial score (nSPS) is 11.6. The Kier molecular flexibility index (Phi) is 4.82. The Morgan fingerprint density at radius 1 is 0.410 bits per heavy atom. The van der Waals surface area contributed by atoms with Crippen LogP contribution in [0, 0.1) is 0 Å². The molecule has 8 rings (SSSR count). The minimum Gasteiger partial charge on any atom is -0.309 e. The van der Waals surface area contributed by atoms with Crippen LogP contribution in [0.4, 0.5) is 0 Å². The van der Waals surface area contributed by atoms with Gasteiger partial charge >= 0.3 is 0 Å². The van der Waals surface area contributed by atoms with E-state index >= 15 is 0 Å². The van der Waals surface area contributed by atoms with Crippen LogP contribution in [0.25, 0.3) is 72.2 Å². The van der Waals surface area contributed by atoms with Gasteiger partial charge in [0.05, 0.1) is 22.4 Å². The molecule has 3 heteroatoms. The quantitative estimate of drug-likeness (QED) is 0.227. The van der Waals surface area contributed by atoms with E-state index in [-0.39, 0.29) is 0 Å². The number of hydrogen-bond donors (Lipinski definition) is 0. The average molecular weight is 498 g/mol. The van der Waals surface area contributed by atoms with Crippen LogP contribution in [0.15, 0.2) is 140 Å². The van der Waals surface area contributed by atoms with Gasteiger partial charge in [-0.15, -0.1) is 0 Å². The van der Waals surface area contributed by atoms with Crippen LogP contribution in [0.5, 0.6) is 0 Å². The Morgan fingerprint density at radius 2 is 0.923 bits per heavy atom. The molecule has 0 saturated carbocycles. The maximum absolute atomic E-state index is 5.00. The summed E-state index contributed by atoms with van der Waals surface area (Å²) in [5, 5.41) is 5.18. The van der Waals surface area contributed by atoms with E-state index in [2.05, 4.69) is 108 Å². The van der Waals surface area contributed by atoms with Crippen molar-refractivity contribution in [1.29, 1.82) is 0 Å². The van der Waals surface area contributed by atoms with Crippen molar-refractivity contribution >= 4 is 32.6 Å². The number of hydrogen-bond acceptors (Lipinski definition) is 2. The molecule has 3 nitrogen and oxygen atoms in total. The summed E-state index contributed by atoms with van der Waals surface area (Å²) in [6.45, 7) is 0. The lowest BCUT2D eigenvalue weighted by atomic mass is 10.0. The van der Waals surface area contributed by atoms with Crippen molar-refractivity contribution in [3.8, 4) is 39.6 Å². The molecule has 182 valence electrons. The molecule has 0 unspecified atom stereocenters. The van der Waals surface area contributed by atoms with Crippen molar-refractivity contribution in [2.24, 2.45) is 0 Å². The van der Waals surface area contributed by atoms with Crippen LogP contribution in [0.1, 0.15) is 0 Å². The molecule has 6 aromatic carbocycles. The van der Waals surface area contributed by atoms with Crippen molar-refractivity contribution < 1.29 is 0 Å². The summed E-state index contributed by atoms with van der Waals surface area (Å²) in [4.78, 5) is 9.99. The van der Waals surface area contributed by atoms with Gasteiger partial charge in [-0.1, -0.05) is 97.1 Å². The first-order valence-electron chi connectivity index (χ1n) is 13.2. The smallest absolute Gasteiger partial charge is 0.160 e. The molecule has 0 aliphatic rings. The summed E-state index contributed by atoms with van der Waals surface area (Å²) < 4.78 is 2.37. The number of aromatic nitrogens is 3. The lowest BCUT2D eigenvalue weighted by Crippen LogP contribution is -1.97.